The Morgan fingerprint density at radius 3 is 2.47 bits per heavy atom. The third-order valence-corrected chi connectivity index (χ3v) is 9.68. The smallest absolute Gasteiger partial charge is 0.0137 e. The zero-order valence-corrected chi connectivity index (χ0v) is 21.1. The Hall–Kier alpha value is -0.780. The molecule has 30 heavy (non-hydrogen) atoms. The number of allylic oxidation sites excluding steroid dienone is 5. The van der Waals surface area contributed by atoms with Gasteiger partial charge in [-0.25, -0.2) is 0 Å². The van der Waals surface area contributed by atoms with Gasteiger partial charge in [-0.15, -0.1) is 0 Å². The molecular weight excluding hydrogens is 360 g/mol. The van der Waals surface area contributed by atoms with E-state index in [4.69, 9.17) is 0 Å². The van der Waals surface area contributed by atoms with Crippen molar-refractivity contribution in [2.45, 2.75) is 106 Å². The topological polar surface area (TPSA) is 0 Å². The number of fused-ring (bicyclic) bond motifs is 1. The van der Waals surface area contributed by atoms with Crippen LogP contribution in [-0.2, 0) is 0 Å². The van der Waals surface area contributed by atoms with E-state index in [0.717, 1.165) is 41.9 Å². The van der Waals surface area contributed by atoms with Crippen LogP contribution in [0.4, 0.5) is 0 Å². The van der Waals surface area contributed by atoms with Gasteiger partial charge in [0.25, 0.3) is 0 Å². The van der Waals surface area contributed by atoms with Gasteiger partial charge in [0, 0.05) is 0 Å². The van der Waals surface area contributed by atoms with Gasteiger partial charge >= 0.3 is 0 Å². The predicted molar refractivity (Wildman–Crippen MR) is 133 cm³/mol. The van der Waals surface area contributed by atoms with Crippen LogP contribution in [0, 0.1) is 46.8 Å². The molecule has 3 rings (SSSR count). The van der Waals surface area contributed by atoms with Crippen LogP contribution in [0.2, 0.25) is 0 Å². The number of hydrogen-bond acceptors (Lipinski definition) is 0. The number of rotatable bonds is 9. The van der Waals surface area contributed by atoms with Crippen molar-refractivity contribution in [1.82, 2.24) is 0 Å². The van der Waals surface area contributed by atoms with Crippen molar-refractivity contribution < 1.29 is 0 Å². The molecule has 0 aliphatic heterocycles. The first-order valence-corrected chi connectivity index (χ1v) is 13.4. The fourth-order valence-electron chi connectivity index (χ4n) is 7.77. The fraction of sp³-hybridized carbons (Fsp3) is 0.800. The van der Waals surface area contributed by atoms with E-state index in [1.54, 1.807) is 0 Å². The highest BCUT2D eigenvalue weighted by molar-refractivity contribution is 5.30. The van der Waals surface area contributed by atoms with Gasteiger partial charge < -0.3 is 0 Å². The van der Waals surface area contributed by atoms with Crippen LogP contribution in [0.15, 0.2) is 36.0 Å². The van der Waals surface area contributed by atoms with E-state index >= 15 is 0 Å². The molecule has 170 valence electrons. The minimum atomic E-state index is 0.581. The zero-order valence-electron chi connectivity index (χ0n) is 21.1. The largest absolute Gasteiger partial charge is 0.0953 e. The van der Waals surface area contributed by atoms with Crippen LogP contribution < -0.4 is 0 Å². The van der Waals surface area contributed by atoms with Crippen molar-refractivity contribution >= 4 is 0 Å². The standard InChI is InChI=1S/C30H50/c1-8-11-27(23(6)24(9-2)10-3)25-14-17-30(7,18-15-25)19-16-26-20-22(5)29-21(4)12-13-28(26)29/h9,12-13,21-22,25-29H,6,8,10-11,14-20H2,1-5,7H3/b24-9+. The highest BCUT2D eigenvalue weighted by Gasteiger charge is 2.45. The summed E-state index contributed by atoms with van der Waals surface area (Å²) in [7, 11) is 0. The van der Waals surface area contributed by atoms with E-state index in [1.165, 1.54) is 68.9 Å². The van der Waals surface area contributed by atoms with E-state index in [0.29, 0.717) is 11.3 Å². The summed E-state index contributed by atoms with van der Waals surface area (Å²) >= 11 is 0. The molecule has 0 bridgehead atoms. The molecule has 0 aromatic rings. The summed E-state index contributed by atoms with van der Waals surface area (Å²) in [5.74, 6) is 6.10. The normalized spacial score (nSPS) is 39.9. The molecule has 0 amide bonds. The van der Waals surface area contributed by atoms with Gasteiger partial charge in [-0.3, -0.25) is 0 Å². The van der Waals surface area contributed by atoms with Crippen LogP contribution in [0.3, 0.4) is 0 Å². The Morgan fingerprint density at radius 1 is 1.17 bits per heavy atom. The van der Waals surface area contributed by atoms with Gasteiger partial charge in [-0.2, -0.15) is 0 Å². The maximum Gasteiger partial charge on any atom is -0.0137 e. The van der Waals surface area contributed by atoms with Gasteiger partial charge in [0.05, 0.1) is 0 Å². The van der Waals surface area contributed by atoms with Crippen molar-refractivity contribution in [2.75, 3.05) is 0 Å². The van der Waals surface area contributed by atoms with Crippen LogP contribution in [0.25, 0.3) is 0 Å². The second-order valence-electron chi connectivity index (χ2n) is 11.6. The molecule has 6 atom stereocenters. The summed E-state index contributed by atoms with van der Waals surface area (Å²) < 4.78 is 0. The summed E-state index contributed by atoms with van der Waals surface area (Å²) in [4.78, 5) is 0. The van der Waals surface area contributed by atoms with Crippen molar-refractivity contribution in [3.8, 4) is 0 Å². The molecule has 3 aliphatic rings. The first kappa shape index (κ1) is 23.9. The second-order valence-corrected chi connectivity index (χ2v) is 11.6. The molecule has 0 radical (unpaired) electrons. The summed E-state index contributed by atoms with van der Waals surface area (Å²) in [6.07, 6.45) is 21.3. The summed E-state index contributed by atoms with van der Waals surface area (Å²) in [5, 5.41) is 0. The molecule has 0 saturated heterocycles. The lowest BCUT2D eigenvalue weighted by Crippen LogP contribution is -2.30. The highest BCUT2D eigenvalue weighted by atomic mass is 14.5. The molecule has 6 unspecified atom stereocenters. The van der Waals surface area contributed by atoms with Crippen molar-refractivity contribution in [1.29, 1.82) is 0 Å². The molecule has 3 aliphatic carbocycles. The first-order valence-electron chi connectivity index (χ1n) is 13.4. The first-order chi connectivity index (χ1) is 14.3. The lowest BCUT2D eigenvalue weighted by Gasteiger charge is -2.42. The summed E-state index contributed by atoms with van der Waals surface area (Å²) in [6.45, 7) is 19.0. The Labute approximate surface area is 188 Å². The Balaban J connectivity index is 1.54. The van der Waals surface area contributed by atoms with Gasteiger partial charge in [-0.05, 0) is 123 Å². The second kappa shape index (κ2) is 10.2. The monoisotopic (exact) mass is 410 g/mol. The summed E-state index contributed by atoms with van der Waals surface area (Å²) in [6, 6.07) is 0. The molecule has 0 heterocycles. The maximum absolute atomic E-state index is 4.58. The Kier molecular flexibility index (Phi) is 8.14. The molecule has 0 aromatic heterocycles. The molecule has 0 heteroatoms. The van der Waals surface area contributed by atoms with Crippen LogP contribution in [-0.4, -0.2) is 0 Å². The highest BCUT2D eigenvalue weighted by Crippen LogP contribution is 2.53. The molecule has 2 saturated carbocycles. The lowest BCUT2D eigenvalue weighted by atomic mass is 9.64. The third-order valence-electron chi connectivity index (χ3n) is 9.68. The van der Waals surface area contributed by atoms with E-state index in [1.807, 2.05) is 0 Å². The van der Waals surface area contributed by atoms with E-state index in [2.05, 4.69) is 66.3 Å². The third kappa shape index (κ3) is 4.99. The van der Waals surface area contributed by atoms with Crippen LogP contribution in [0.1, 0.15) is 106 Å². The molecule has 0 spiro atoms. The van der Waals surface area contributed by atoms with Crippen LogP contribution in [0.5, 0.6) is 0 Å². The van der Waals surface area contributed by atoms with Crippen molar-refractivity contribution in [2.24, 2.45) is 46.8 Å². The average molecular weight is 411 g/mol. The van der Waals surface area contributed by atoms with E-state index < -0.39 is 0 Å². The lowest BCUT2D eigenvalue weighted by molar-refractivity contribution is 0.120. The van der Waals surface area contributed by atoms with Gasteiger partial charge in [0.1, 0.15) is 0 Å². The average Bonchev–Trinajstić information content (AvgIpc) is 3.27. The molecule has 0 N–H and O–H groups in total. The maximum atomic E-state index is 4.58. The minimum Gasteiger partial charge on any atom is -0.0953 e. The van der Waals surface area contributed by atoms with Crippen molar-refractivity contribution in [3.05, 3.63) is 36.0 Å². The Bertz CT molecular complexity index is 626. The predicted octanol–water partition coefficient (Wildman–Crippen LogP) is 9.39. The Morgan fingerprint density at radius 2 is 1.87 bits per heavy atom. The SMILES string of the molecule is C=C(/C(=C/C)CC)C(CCC)C1CCC(C)(CCC2CC(C)C3C(C)C=CC23)CC1. The summed E-state index contributed by atoms with van der Waals surface area (Å²) in [5.41, 5.74) is 3.55. The van der Waals surface area contributed by atoms with Gasteiger partial charge in [0.2, 0.25) is 0 Å². The fourth-order valence-corrected chi connectivity index (χ4v) is 7.77. The zero-order chi connectivity index (χ0) is 21.9. The van der Waals surface area contributed by atoms with Gasteiger partial charge in [0.15, 0.2) is 0 Å². The van der Waals surface area contributed by atoms with Crippen molar-refractivity contribution in [3.63, 3.8) is 0 Å². The minimum absolute atomic E-state index is 0.581. The van der Waals surface area contributed by atoms with Gasteiger partial charge in [-0.1, -0.05) is 65.8 Å². The molecule has 2 fully saturated rings. The van der Waals surface area contributed by atoms with E-state index in [-0.39, 0.29) is 0 Å². The number of hydrogen-bond donors (Lipinski definition) is 0. The quantitative estimate of drug-likeness (QED) is 0.262. The van der Waals surface area contributed by atoms with E-state index in [9.17, 15) is 0 Å². The molecular formula is C30H50. The van der Waals surface area contributed by atoms with Crippen LogP contribution >= 0.6 is 0 Å². The molecule has 0 aromatic carbocycles. The molecule has 0 nitrogen and oxygen atoms in total.